The number of nitrogens with zero attached hydrogens (tertiary/aromatic N) is 1. The van der Waals surface area contributed by atoms with E-state index in [1.807, 2.05) is 11.4 Å². The number of pyridine rings is 1. The molecule has 1 saturated carbocycles. The molecule has 30 heavy (non-hydrogen) atoms. The number of nitrogens with one attached hydrogen (secondary N) is 1. The van der Waals surface area contributed by atoms with Gasteiger partial charge in [0.1, 0.15) is 5.78 Å². The molecule has 1 aliphatic rings. The molecule has 0 atom stereocenters. The van der Waals surface area contributed by atoms with Crippen LogP contribution in [0.15, 0.2) is 35.8 Å². The Labute approximate surface area is 181 Å². The molecule has 160 valence electrons. The third-order valence-corrected chi connectivity index (χ3v) is 6.20. The Morgan fingerprint density at radius 1 is 1.03 bits per heavy atom. The van der Waals surface area contributed by atoms with Crippen LogP contribution < -0.4 is 10.1 Å². The minimum Gasteiger partial charge on any atom is -0.489 e. The van der Waals surface area contributed by atoms with Gasteiger partial charge in [-0.05, 0) is 42.3 Å². The summed E-state index contributed by atoms with van der Waals surface area (Å²) in [6.45, 7) is 0.630. The number of hydrogen-bond acceptors (Lipinski definition) is 6. The summed E-state index contributed by atoms with van der Waals surface area (Å²) in [7, 11) is 0. The zero-order valence-corrected chi connectivity index (χ0v) is 17.9. The van der Waals surface area contributed by atoms with Crippen molar-refractivity contribution in [2.24, 2.45) is 5.92 Å². The molecule has 1 fully saturated rings. The third kappa shape index (κ3) is 7.06. The van der Waals surface area contributed by atoms with Crippen LogP contribution in [-0.2, 0) is 9.59 Å². The van der Waals surface area contributed by atoms with E-state index in [0.29, 0.717) is 29.0 Å². The van der Waals surface area contributed by atoms with Gasteiger partial charge in [-0.2, -0.15) is 0 Å². The first-order valence-corrected chi connectivity index (χ1v) is 11.5. The number of anilines is 1. The van der Waals surface area contributed by atoms with Crippen LogP contribution in [0.2, 0.25) is 0 Å². The van der Waals surface area contributed by atoms with Gasteiger partial charge in [0.15, 0.2) is 17.4 Å². The molecule has 0 bridgehead atoms. The second kappa shape index (κ2) is 11.6. The van der Waals surface area contributed by atoms with E-state index >= 15 is 0 Å². The van der Waals surface area contributed by atoms with E-state index in [4.69, 9.17) is 4.74 Å². The van der Waals surface area contributed by atoms with E-state index in [0.717, 1.165) is 0 Å². The predicted octanol–water partition coefficient (Wildman–Crippen LogP) is 5.05. The molecule has 1 N–H and O–H groups in total. The summed E-state index contributed by atoms with van der Waals surface area (Å²) in [4.78, 5) is 41.2. The van der Waals surface area contributed by atoms with Crippen molar-refractivity contribution in [2.45, 2.75) is 57.8 Å². The third-order valence-electron chi connectivity index (χ3n) is 5.29. The summed E-state index contributed by atoms with van der Waals surface area (Å²) in [5.74, 6) is 1.09. The summed E-state index contributed by atoms with van der Waals surface area (Å²) >= 11 is 1.37. The van der Waals surface area contributed by atoms with Gasteiger partial charge in [-0.15, -0.1) is 11.3 Å². The largest absolute Gasteiger partial charge is 0.489 e. The first-order valence-electron chi connectivity index (χ1n) is 10.6. The van der Waals surface area contributed by atoms with Crippen LogP contribution in [0, 0.1) is 5.92 Å². The van der Waals surface area contributed by atoms with Crippen molar-refractivity contribution >= 4 is 34.6 Å². The normalized spacial score (nSPS) is 14.3. The van der Waals surface area contributed by atoms with Gasteiger partial charge in [-0.3, -0.25) is 14.4 Å². The quantitative estimate of drug-likeness (QED) is 0.506. The first-order chi connectivity index (χ1) is 14.6. The predicted molar refractivity (Wildman–Crippen MR) is 117 cm³/mol. The number of carbonyl (C=O) groups excluding carboxylic acids is 3. The highest BCUT2D eigenvalue weighted by molar-refractivity contribution is 7.12. The lowest BCUT2D eigenvalue weighted by atomic mass is 9.90. The Balaban J connectivity index is 1.40. The number of hydrogen-bond donors (Lipinski definition) is 1. The van der Waals surface area contributed by atoms with Gasteiger partial charge in [0.05, 0.1) is 11.5 Å². The molecular formula is C23H28N2O4S. The average molecular weight is 429 g/mol. The molecule has 2 heterocycles. The van der Waals surface area contributed by atoms with Gasteiger partial charge < -0.3 is 10.1 Å². The van der Waals surface area contributed by atoms with Crippen LogP contribution in [-0.4, -0.2) is 29.1 Å². The Morgan fingerprint density at radius 3 is 2.60 bits per heavy atom. The van der Waals surface area contributed by atoms with E-state index in [9.17, 15) is 14.4 Å². The molecule has 1 amide bonds. The molecule has 2 aromatic rings. The molecule has 0 spiro atoms. The van der Waals surface area contributed by atoms with Crippen molar-refractivity contribution in [3.05, 3.63) is 40.7 Å². The lowest BCUT2D eigenvalue weighted by Gasteiger charge is -2.22. The van der Waals surface area contributed by atoms with E-state index in [-0.39, 0.29) is 43.2 Å². The summed E-state index contributed by atoms with van der Waals surface area (Å²) in [5, 5.41) is 4.59. The summed E-state index contributed by atoms with van der Waals surface area (Å²) in [6, 6.07) is 7.15. The number of carbonyl (C=O) groups is 3. The lowest BCUT2D eigenvalue weighted by molar-refractivity contribution is -0.122. The number of amides is 1. The van der Waals surface area contributed by atoms with Gasteiger partial charge in [-0.25, -0.2) is 4.98 Å². The Hall–Kier alpha value is -2.54. The molecule has 0 aromatic carbocycles. The molecule has 2 aromatic heterocycles. The van der Waals surface area contributed by atoms with E-state index in [1.54, 1.807) is 24.4 Å². The fourth-order valence-electron chi connectivity index (χ4n) is 3.55. The molecule has 6 nitrogen and oxygen atoms in total. The highest BCUT2D eigenvalue weighted by atomic mass is 32.1. The van der Waals surface area contributed by atoms with Crippen molar-refractivity contribution in [2.75, 3.05) is 11.9 Å². The molecule has 7 heteroatoms. The molecule has 0 radical (unpaired) electrons. The summed E-state index contributed by atoms with van der Waals surface area (Å²) < 4.78 is 5.92. The van der Waals surface area contributed by atoms with Crippen molar-refractivity contribution in [1.29, 1.82) is 0 Å². The van der Waals surface area contributed by atoms with Crippen LogP contribution in [0.1, 0.15) is 67.5 Å². The summed E-state index contributed by atoms with van der Waals surface area (Å²) in [5.41, 5.74) is 0. The van der Waals surface area contributed by atoms with Gasteiger partial charge in [0.25, 0.3) is 0 Å². The maximum Gasteiger partial charge on any atom is 0.226 e. The van der Waals surface area contributed by atoms with Gasteiger partial charge in [0.2, 0.25) is 5.91 Å². The van der Waals surface area contributed by atoms with E-state index < -0.39 is 0 Å². The lowest BCUT2D eigenvalue weighted by Crippen LogP contribution is -2.18. The fraction of sp³-hybridized carbons (Fsp3) is 0.478. The minimum absolute atomic E-state index is 0.0314. The molecule has 0 aliphatic heterocycles. The smallest absolute Gasteiger partial charge is 0.226 e. The number of aromatic nitrogens is 1. The molecule has 0 saturated heterocycles. The molecule has 1 aliphatic carbocycles. The van der Waals surface area contributed by atoms with E-state index in [1.165, 1.54) is 43.4 Å². The van der Waals surface area contributed by atoms with Crippen molar-refractivity contribution < 1.29 is 19.1 Å². The topological polar surface area (TPSA) is 85.4 Å². The Morgan fingerprint density at radius 2 is 1.83 bits per heavy atom. The number of ether oxygens (including phenoxy) is 1. The Kier molecular flexibility index (Phi) is 8.56. The maximum absolute atomic E-state index is 12.3. The monoisotopic (exact) mass is 428 g/mol. The van der Waals surface area contributed by atoms with Gasteiger partial charge in [0, 0.05) is 31.9 Å². The van der Waals surface area contributed by atoms with Crippen LogP contribution >= 0.6 is 11.3 Å². The number of rotatable bonds is 11. The SMILES string of the molecule is O=C(CCC(=O)Nc1ncccc1OCC1CCCCC1)CCC(=O)c1cccs1. The highest BCUT2D eigenvalue weighted by Gasteiger charge is 2.16. The first kappa shape index (κ1) is 22.2. The van der Waals surface area contributed by atoms with Crippen LogP contribution in [0.5, 0.6) is 5.75 Å². The standard InChI is InChI=1S/C23H28N2O4S/c26-18(10-12-19(27)21-9-5-15-30-21)11-13-22(28)25-23-20(8-4-14-24-23)29-16-17-6-2-1-3-7-17/h4-5,8-9,14-15,17H,1-3,6-7,10-13,16H2,(H,24,25,28). The number of ketones is 2. The maximum atomic E-state index is 12.3. The van der Waals surface area contributed by atoms with Crippen LogP contribution in [0.25, 0.3) is 0 Å². The number of thiophene rings is 1. The fourth-order valence-corrected chi connectivity index (χ4v) is 4.24. The van der Waals surface area contributed by atoms with Crippen LogP contribution in [0.3, 0.4) is 0 Å². The molecule has 3 rings (SSSR count). The minimum atomic E-state index is -0.283. The molecular weight excluding hydrogens is 400 g/mol. The molecule has 0 unspecified atom stereocenters. The summed E-state index contributed by atoms with van der Waals surface area (Å²) in [6.07, 6.45) is 8.26. The van der Waals surface area contributed by atoms with Crippen molar-refractivity contribution in [3.63, 3.8) is 0 Å². The van der Waals surface area contributed by atoms with Gasteiger partial charge >= 0.3 is 0 Å². The van der Waals surface area contributed by atoms with E-state index in [2.05, 4.69) is 10.3 Å². The zero-order chi connectivity index (χ0) is 21.2. The highest BCUT2D eigenvalue weighted by Crippen LogP contribution is 2.27. The number of Topliss-reactive ketones (excluding diaryl/α,β-unsaturated/α-hetero) is 2. The van der Waals surface area contributed by atoms with Crippen molar-refractivity contribution in [1.82, 2.24) is 4.98 Å². The van der Waals surface area contributed by atoms with Crippen molar-refractivity contribution in [3.8, 4) is 5.75 Å². The second-order valence-electron chi connectivity index (χ2n) is 7.65. The van der Waals surface area contributed by atoms with Crippen LogP contribution in [0.4, 0.5) is 5.82 Å². The second-order valence-corrected chi connectivity index (χ2v) is 8.60. The Bertz CT molecular complexity index is 845. The van der Waals surface area contributed by atoms with Gasteiger partial charge in [-0.1, -0.05) is 25.3 Å². The zero-order valence-electron chi connectivity index (χ0n) is 17.1. The average Bonchev–Trinajstić information content (AvgIpc) is 3.31.